The number of hydrogen-bond donors (Lipinski definition) is 2. The highest BCUT2D eigenvalue weighted by Gasteiger charge is 2.22. The third kappa shape index (κ3) is 6.91. The first-order chi connectivity index (χ1) is 25.1. The quantitative estimate of drug-likeness (QED) is 0.131. The van der Waals surface area contributed by atoms with Crippen LogP contribution in [0.5, 0.6) is 0 Å². The molecule has 1 aliphatic rings. The molecule has 0 saturated carbocycles. The summed E-state index contributed by atoms with van der Waals surface area (Å²) in [6, 6.07) is 54.7. The molecule has 0 amide bonds. The van der Waals surface area contributed by atoms with Gasteiger partial charge in [-0.2, -0.15) is 0 Å². The van der Waals surface area contributed by atoms with E-state index in [1.165, 1.54) is 33.0 Å². The first kappa shape index (κ1) is 33.5. The molecule has 5 nitrogen and oxygen atoms in total. The molecule has 1 aliphatic heterocycles. The summed E-state index contributed by atoms with van der Waals surface area (Å²) in [5.74, 6) is 4.60. The molecule has 0 aliphatic carbocycles. The molecular weight excluding hydrogens is 623 g/mol. The minimum atomic E-state index is 0.114. The zero-order chi connectivity index (χ0) is 35.2. The van der Waals surface area contributed by atoms with E-state index >= 15 is 0 Å². The lowest BCUT2D eigenvalue weighted by molar-refractivity contribution is 0.270. The second kappa shape index (κ2) is 15.3. The van der Waals surface area contributed by atoms with Crippen LogP contribution in [0.4, 0.5) is 11.4 Å². The Morgan fingerprint density at radius 2 is 1.27 bits per heavy atom. The van der Waals surface area contributed by atoms with Crippen molar-refractivity contribution in [3.63, 3.8) is 0 Å². The molecule has 2 heterocycles. The highest BCUT2D eigenvalue weighted by molar-refractivity contribution is 6.12. The summed E-state index contributed by atoms with van der Waals surface area (Å²) in [6.45, 7) is 5.32. The van der Waals surface area contributed by atoms with Crippen molar-refractivity contribution < 1.29 is 0 Å². The van der Waals surface area contributed by atoms with Crippen LogP contribution in [0.15, 0.2) is 183 Å². The average molecular weight is 666 g/mol. The second-order valence-corrected chi connectivity index (χ2v) is 12.8. The van der Waals surface area contributed by atoms with E-state index in [0.29, 0.717) is 0 Å². The number of nitrogens with two attached hydrogens (primary N) is 1. The fraction of sp³-hybridized carbons (Fsp3) is 0.0870. The molecule has 1 aromatic heterocycles. The summed E-state index contributed by atoms with van der Waals surface area (Å²) in [5, 5.41) is 2.44. The zero-order valence-corrected chi connectivity index (χ0v) is 29.2. The number of hydrazine groups is 1. The van der Waals surface area contributed by atoms with Crippen LogP contribution in [0.3, 0.4) is 0 Å². The number of fused-ring (bicyclic) bond motifs is 4. The van der Waals surface area contributed by atoms with Gasteiger partial charge in [0.1, 0.15) is 0 Å². The van der Waals surface area contributed by atoms with Crippen LogP contribution in [0.2, 0.25) is 0 Å². The van der Waals surface area contributed by atoms with E-state index < -0.39 is 0 Å². The maximum atomic E-state index is 4.60. The van der Waals surface area contributed by atoms with Crippen molar-refractivity contribution in [2.75, 3.05) is 19.0 Å². The molecule has 252 valence electrons. The third-order valence-electron chi connectivity index (χ3n) is 9.37. The third-order valence-corrected chi connectivity index (χ3v) is 9.37. The van der Waals surface area contributed by atoms with Gasteiger partial charge in [0, 0.05) is 40.5 Å². The smallest absolute Gasteiger partial charge is 0.0602 e. The van der Waals surface area contributed by atoms with Gasteiger partial charge in [-0.1, -0.05) is 128 Å². The van der Waals surface area contributed by atoms with Crippen LogP contribution in [0.1, 0.15) is 28.3 Å². The summed E-state index contributed by atoms with van der Waals surface area (Å²) in [6.07, 6.45) is 8.38. The highest BCUT2D eigenvalue weighted by Crippen LogP contribution is 2.42. The molecule has 5 heteroatoms. The molecule has 1 atom stereocenters. The van der Waals surface area contributed by atoms with Crippen molar-refractivity contribution in [3.8, 4) is 5.69 Å². The van der Waals surface area contributed by atoms with Crippen LogP contribution >= 0.6 is 0 Å². The summed E-state index contributed by atoms with van der Waals surface area (Å²) in [5.41, 5.74) is 13.9. The molecule has 0 radical (unpaired) electrons. The number of nitrogens with one attached hydrogen (secondary N) is 1. The second-order valence-electron chi connectivity index (χ2n) is 12.8. The summed E-state index contributed by atoms with van der Waals surface area (Å²) in [7, 11) is 3.87. The predicted molar refractivity (Wildman–Crippen MR) is 216 cm³/mol. The largest absolute Gasteiger partial charge is 0.316 e. The van der Waals surface area contributed by atoms with E-state index in [1.54, 1.807) is 7.05 Å². The summed E-state index contributed by atoms with van der Waals surface area (Å²) >= 11 is 0. The molecule has 1 unspecified atom stereocenters. The Bertz CT molecular complexity index is 2300. The van der Waals surface area contributed by atoms with E-state index in [9.17, 15) is 0 Å². The van der Waals surface area contributed by atoms with Crippen molar-refractivity contribution in [3.05, 3.63) is 205 Å². The lowest BCUT2D eigenvalue weighted by atomic mass is 9.96. The maximum Gasteiger partial charge on any atom is 0.0602 e. The zero-order valence-electron chi connectivity index (χ0n) is 29.2. The molecule has 8 rings (SSSR count). The highest BCUT2D eigenvalue weighted by atomic mass is 15.2. The molecule has 51 heavy (non-hydrogen) atoms. The monoisotopic (exact) mass is 665 g/mol. The van der Waals surface area contributed by atoms with Gasteiger partial charge < -0.3 is 9.47 Å². The lowest BCUT2D eigenvalue weighted by Crippen LogP contribution is -2.25. The Balaban J connectivity index is 0.00000131. The van der Waals surface area contributed by atoms with Crippen LogP contribution in [0.25, 0.3) is 33.1 Å². The van der Waals surface area contributed by atoms with E-state index in [4.69, 9.17) is 0 Å². The number of benzene rings is 6. The van der Waals surface area contributed by atoms with E-state index in [0.717, 1.165) is 40.3 Å². The van der Waals surface area contributed by atoms with Gasteiger partial charge in [0.15, 0.2) is 0 Å². The molecule has 0 spiro atoms. The Labute approximate surface area is 300 Å². The number of rotatable bonds is 7. The van der Waals surface area contributed by atoms with Gasteiger partial charge in [-0.25, -0.2) is 0 Å². The molecule has 3 N–H and O–H groups in total. The number of anilines is 2. The number of allylic oxidation sites excluding steroid dienone is 4. The molecule has 0 saturated heterocycles. The van der Waals surface area contributed by atoms with Crippen LogP contribution in [-0.2, 0) is 6.54 Å². The van der Waals surface area contributed by atoms with Gasteiger partial charge in [0.05, 0.1) is 22.8 Å². The first-order valence-corrected chi connectivity index (χ1v) is 17.3. The fourth-order valence-corrected chi connectivity index (χ4v) is 7.14. The fourth-order valence-electron chi connectivity index (χ4n) is 7.14. The van der Waals surface area contributed by atoms with Crippen LogP contribution < -0.4 is 16.2 Å². The van der Waals surface area contributed by atoms with Crippen molar-refractivity contribution >= 4 is 38.8 Å². The standard InChI is InChI=1S/C45H37N3.CH6N2/c1-33-16-14-15-29-47(37-21-10-5-11-22-37)43-31-44-41(30-40(33)43)39-23-12-13-24-42(39)48(44)38-27-25-36(26-28-38)45(35-19-8-4-9-20-35)46(2)32-34-17-6-3-7-18-34;1-3-2/h3-31,45H,1,32H2,2H3;3H,2H2,1H3/b16-14-,29-15-;. The van der Waals surface area contributed by atoms with Crippen molar-refractivity contribution in [2.45, 2.75) is 12.6 Å². The maximum absolute atomic E-state index is 4.60. The predicted octanol–water partition coefficient (Wildman–Crippen LogP) is 10.3. The number of nitrogens with zero attached hydrogens (tertiary/aromatic N) is 3. The minimum absolute atomic E-state index is 0.114. The van der Waals surface area contributed by atoms with Crippen molar-refractivity contribution in [1.82, 2.24) is 14.9 Å². The molecule has 7 aromatic rings. The molecule has 6 aromatic carbocycles. The van der Waals surface area contributed by atoms with Gasteiger partial charge >= 0.3 is 0 Å². The Hall–Kier alpha value is -5.98. The van der Waals surface area contributed by atoms with Crippen molar-refractivity contribution in [1.29, 1.82) is 0 Å². The van der Waals surface area contributed by atoms with E-state index in [1.807, 2.05) is 0 Å². The van der Waals surface area contributed by atoms with Crippen LogP contribution in [0, 0.1) is 0 Å². The Morgan fingerprint density at radius 1 is 0.667 bits per heavy atom. The average Bonchev–Trinajstić information content (AvgIpc) is 3.49. The number of aromatic nitrogens is 1. The summed E-state index contributed by atoms with van der Waals surface area (Å²) in [4.78, 5) is 4.70. The van der Waals surface area contributed by atoms with Gasteiger partial charge in [-0.05, 0) is 84.9 Å². The van der Waals surface area contributed by atoms with Gasteiger partial charge in [0.25, 0.3) is 0 Å². The minimum Gasteiger partial charge on any atom is -0.316 e. The van der Waals surface area contributed by atoms with E-state index in [2.05, 4.69) is 215 Å². The van der Waals surface area contributed by atoms with Crippen LogP contribution in [-0.4, -0.2) is 23.6 Å². The topological polar surface area (TPSA) is 49.5 Å². The summed E-state index contributed by atoms with van der Waals surface area (Å²) < 4.78 is 2.41. The molecular formula is C46H43N5. The molecule has 0 fully saturated rings. The Kier molecular flexibility index (Phi) is 10.0. The lowest BCUT2D eigenvalue weighted by Gasteiger charge is -2.29. The Morgan fingerprint density at radius 3 is 1.98 bits per heavy atom. The SMILES string of the molecule is C=C1/C=C\C=C/N(c2ccccc2)c2cc3c(cc21)c1ccccc1n3-c1ccc(C(c2ccccc2)N(C)Cc2ccccc2)cc1.CNN. The van der Waals surface area contributed by atoms with Gasteiger partial charge in [-0.15, -0.1) is 0 Å². The van der Waals surface area contributed by atoms with Crippen molar-refractivity contribution in [2.24, 2.45) is 5.84 Å². The molecule has 0 bridgehead atoms. The van der Waals surface area contributed by atoms with Gasteiger partial charge in [0.2, 0.25) is 0 Å². The number of hydrogen-bond acceptors (Lipinski definition) is 4. The first-order valence-electron chi connectivity index (χ1n) is 17.3. The van der Waals surface area contributed by atoms with E-state index in [-0.39, 0.29) is 6.04 Å². The number of para-hydroxylation sites is 2. The van der Waals surface area contributed by atoms with Gasteiger partial charge in [-0.3, -0.25) is 16.2 Å². The normalized spacial score (nSPS) is 14.4.